The summed E-state index contributed by atoms with van der Waals surface area (Å²) in [6.45, 7) is 0.354. The molecule has 2 fully saturated rings. The van der Waals surface area contributed by atoms with Crippen LogP contribution in [0.1, 0.15) is 49.4 Å². The summed E-state index contributed by atoms with van der Waals surface area (Å²) in [5, 5.41) is 0. The highest BCUT2D eigenvalue weighted by Crippen LogP contribution is 2.53. The van der Waals surface area contributed by atoms with Crippen molar-refractivity contribution in [2.75, 3.05) is 18.1 Å². The van der Waals surface area contributed by atoms with E-state index in [2.05, 4.69) is 4.98 Å². The number of alkyl halides is 4. The number of carbonyl (C=O) groups excluding carboxylic acids is 1. The van der Waals surface area contributed by atoms with Gasteiger partial charge in [-0.25, -0.2) is 25.6 Å². The highest BCUT2D eigenvalue weighted by molar-refractivity contribution is 7.92. The van der Waals surface area contributed by atoms with Crippen molar-refractivity contribution in [3.63, 3.8) is 0 Å². The fourth-order valence-corrected chi connectivity index (χ4v) is 10.0. The van der Waals surface area contributed by atoms with E-state index in [4.69, 9.17) is 0 Å². The van der Waals surface area contributed by atoms with Crippen LogP contribution in [-0.4, -0.2) is 62.9 Å². The second kappa shape index (κ2) is 9.47. The van der Waals surface area contributed by atoms with Crippen LogP contribution < -0.4 is 0 Å². The smallest absolute Gasteiger partial charge is 0.337 e. The third-order valence-corrected chi connectivity index (χ3v) is 12.8. The molecule has 0 saturated carbocycles. The Labute approximate surface area is 228 Å². The second-order valence-corrected chi connectivity index (χ2v) is 15.4. The van der Waals surface area contributed by atoms with Crippen LogP contribution in [0.2, 0.25) is 0 Å². The van der Waals surface area contributed by atoms with Crippen molar-refractivity contribution in [1.29, 1.82) is 0 Å². The van der Waals surface area contributed by atoms with E-state index in [1.165, 1.54) is 4.90 Å². The van der Waals surface area contributed by atoms with Crippen molar-refractivity contribution >= 4 is 25.6 Å². The van der Waals surface area contributed by atoms with E-state index in [9.17, 15) is 43.6 Å². The zero-order chi connectivity index (χ0) is 29.3. The first-order valence-electron chi connectivity index (χ1n) is 12.8. The third kappa shape index (κ3) is 4.41. The summed E-state index contributed by atoms with van der Waals surface area (Å²) in [6, 6.07) is 4.13. The van der Waals surface area contributed by atoms with Gasteiger partial charge in [0.2, 0.25) is 11.6 Å². The molecule has 2 saturated heterocycles. The summed E-state index contributed by atoms with van der Waals surface area (Å²) >= 11 is 0. The Hall–Kier alpha value is -2.61. The van der Waals surface area contributed by atoms with Crippen molar-refractivity contribution in [3.05, 3.63) is 59.2 Å². The minimum absolute atomic E-state index is 0.0145. The second-order valence-electron chi connectivity index (χ2n) is 10.8. The van der Waals surface area contributed by atoms with Crippen LogP contribution in [0.15, 0.2) is 41.4 Å². The maximum atomic E-state index is 14.8. The molecule has 3 aliphatic rings. The molecule has 3 atom stereocenters. The number of benzene rings is 1. The van der Waals surface area contributed by atoms with Crippen molar-refractivity contribution in [1.82, 2.24) is 9.88 Å². The van der Waals surface area contributed by atoms with E-state index < -0.39 is 59.6 Å². The number of hydrogen-bond acceptors (Lipinski definition) is 6. The molecule has 7 nitrogen and oxygen atoms in total. The summed E-state index contributed by atoms with van der Waals surface area (Å²) in [4.78, 5) is 18.9. The highest BCUT2D eigenvalue weighted by atomic mass is 32.2. The van der Waals surface area contributed by atoms with Gasteiger partial charge in [-0.3, -0.25) is 9.78 Å². The lowest BCUT2D eigenvalue weighted by Crippen LogP contribution is -2.54. The zero-order valence-electron chi connectivity index (χ0n) is 21.4. The number of halogens is 5. The molecule has 1 aromatic carbocycles. The summed E-state index contributed by atoms with van der Waals surface area (Å²) in [5.74, 6) is -2.00. The Kier molecular flexibility index (Phi) is 6.84. The van der Waals surface area contributed by atoms with Gasteiger partial charge < -0.3 is 4.90 Å². The van der Waals surface area contributed by atoms with E-state index in [1.807, 2.05) is 0 Å². The third-order valence-electron chi connectivity index (χ3n) is 8.56. The molecule has 3 heterocycles. The monoisotopic (exact) mass is 606 g/mol. The van der Waals surface area contributed by atoms with Crippen molar-refractivity contribution in [2.24, 2.45) is 5.92 Å². The lowest BCUT2D eigenvalue weighted by molar-refractivity contribution is -0.228. The molecular weight excluding hydrogens is 579 g/mol. The molecule has 1 aliphatic carbocycles. The summed E-state index contributed by atoms with van der Waals surface area (Å²) in [5.41, 5.74) is -4.42. The molecule has 14 heteroatoms. The quantitative estimate of drug-likeness (QED) is 0.385. The van der Waals surface area contributed by atoms with Crippen LogP contribution in [-0.2, 0) is 41.3 Å². The fourth-order valence-electron chi connectivity index (χ4n) is 6.22. The standard InChI is InChI=1S/C26H27F5N2O5S2/c1-24(28,26(29,30)31)18-14-17-2-7-21-25(22(17)32-15-18,40(37,38)20-5-3-19(27)4-6-20)10-11-33(21)23(34)16-8-12-39(35,36)13-9-16/h3-6,14-16,21H,2,7-13H2,1H3. The van der Waals surface area contributed by atoms with Gasteiger partial charge >= 0.3 is 6.18 Å². The van der Waals surface area contributed by atoms with Gasteiger partial charge in [0.05, 0.1) is 28.1 Å². The van der Waals surface area contributed by atoms with E-state index in [0.29, 0.717) is 13.1 Å². The molecule has 5 rings (SSSR count). The topological polar surface area (TPSA) is 101 Å². The van der Waals surface area contributed by atoms with Crippen LogP contribution in [0.4, 0.5) is 22.0 Å². The van der Waals surface area contributed by atoms with Crippen LogP contribution in [0.5, 0.6) is 0 Å². The molecule has 2 aromatic rings. The normalized spacial score (nSPS) is 26.6. The molecule has 218 valence electrons. The van der Waals surface area contributed by atoms with Crippen LogP contribution in [0.3, 0.4) is 0 Å². The number of pyridine rings is 1. The largest absolute Gasteiger partial charge is 0.426 e. The van der Waals surface area contributed by atoms with E-state index in [0.717, 1.165) is 30.3 Å². The SMILES string of the molecule is CC(F)(c1cnc2c(c1)CCC1N(C(=O)C3CCS(=O)(=O)CC3)CCC21S(=O)(=O)c1ccc(F)cc1)C(F)(F)F. The molecule has 2 aliphatic heterocycles. The zero-order valence-corrected chi connectivity index (χ0v) is 23.1. The van der Waals surface area contributed by atoms with Gasteiger partial charge in [-0.2, -0.15) is 13.2 Å². The highest BCUT2D eigenvalue weighted by Gasteiger charge is 2.63. The maximum absolute atomic E-state index is 14.8. The summed E-state index contributed by atoms with van der Waals surface area (Å²) < 4.78 is 119. The number of aromatic nitrogens is 1. The predicted molar refractivity (Wildman–Crippen MR) is 134 cm³/mol. The Morgan fingerprint density at radius 3 is 2.30 bits per heavy atom. The predicted octanol–water partition coefficient (Wildman–Crippen LogP) is 4.01. The molecule has 40 heavy (non-hydrogen) atoms. The molecule has 0 bridgehead atoms. The first-order valence-corrected chi connectivity index (χ1v) is 16.1. The van der Waals surface area contributed by atoms with E-state index >= 15 is 0 Å². The number of aryl methyl sites for hydroxylation is 1. The lowest BCUT2D eigenvalue weighted by Gasteiger charge is -2.42. The summed E-state index contributed by atoms with van der Waals surface area (Å²) in [6.07, 6.45) is -4.39. The van der Waals surface area contributed by atoms with Gasteiger partial charge in [-0.15, -0.1) is 0 Å². The van der Waals surface area contributed by atoms with E-state index in [-0.39, 0.29) is 72.2 Å². The maximum Gasteiger partial charge on any atom is 0.426 e. The Morgan fingerprint density at radius 2 is 1.70 bits per heavy atom. The number of rotatable bonds is 4. The fraction of sp³-hybridized carbons (Fsp3) is 0.538. The van der Waals surface area contributed by atoms with Crippen LogP contribution in [0, 0.1) is 11.7 Å². The molecule has 0 radical (unpaired) electrons. The van der Waals surface area contributed by atoms with Gasteiger partial charge in [0.1, 0.15) is 20.4 Å². The Balaban J connectivity index is 1.62. The first-order chi connectivity index (χ1) is 18.5. The molecule has 3 unspecified atom stereocenters. The number of fused-ring (bicyclic) bond motifs is 3. The molecule has 1 amide bonds. The van der Waals surface area contributed by atoms with Crippen molar-refractivity contribution < 1.29 is 43.6 Å². The Bertz CT molecular complexity index is 1540. The van der Waals surface area contributed by atoms with Crippen molar-refractivity contribution in [3.8, 4) is 0 Å². The number of likely N-dealkylation sites (tertiary alicyclic amines) is 1. The number of carbonyl (C=O) groups is 1. The average molecular weight is 607 g/mol. The summed E-state index contributed by atoms with van der Waals surface area (Å²) in [7, 11) is -7.67. The molecule has 1 aromatic heterocycles. The minimum Gasteiger partial charge on any atom is -0.337 e. The number of amides is 1. The number of sulfone groups is 2. The van der Waals surface area contributed by atoms with Gasteiger partial charge in [-0.1, -0.05) is 0 Å². The number of nitrogens with zero attached hydrogens (tertiary/aromatic N) is 2. The van der Waals surface area contributed by atoms with E-state index in [1.54, 1.807) is 0 Å². The van der Waals surface area contributed by atoms with Gasteiger partial charge in [0, 0.05) is 24.2 Å². The van der Waals surface area contributed by atoms with Crippen molar-refractivity contribution in [2.45, 2.75) is 66.6 Å². The first kappa shape index (κ1) is 28.9. The Morgan fingerprint density at radius 1 is 1.07 bits per heavy atom. The van der Waals surface area contributed by atoms with Crippen LogP contribution in [0.25, 0.3) is 0 Å². The van der Waals surface area contributed by atoms with Gasteiger partial charge in [0.25, 0.3) is 0 Å². The number of hydrogen-bond donors (Lipinski definition) is 0. The minimum atomic E-state index is -5.23. The lowest BCUT2D eigenvalue weighted by atomic mass is 9.80. The van der Waals surface area contributed by atoms with Gasteiger partial charge in [-0.05, 0) is 74.9 Å². The molecular formula is C26H27F5N2O5S2. The molecule has 0 spiro atoms. The van der Waals surface area contributed by atoms with Crippen LogP contribution >= 0.6 is 0 Å². The van der Waals surface area contributed by atoms with Gasteiger partial charge in [0.15, 0.2) is 9.84 Å². The molecule has 0 N–H and O–H groups in total. The average Bonchev–Trinajstić information content (AvgIpc) is 3.29.